The number of carbonyl (C=O) groups is 1. The van der Waals surface area contributed by atoms with Gasteiger partial charge in [0.2, 0.25) is 10.0 Å². The van der Waals surface area contributed by atoms with Crippen molar-refractivity contribution >= 4 is 21.5 Å². The number of rotatable bonds is 3. The van der Waals surface area contributed by atoms with Crippen LogP contribution in [0.1, 0.15) is 39.2 Å². The molecule has 2 bridgehead atoms. The molecule has 27 heavy (non-hydrogen) atoms. The van der Waals surface area contributed by atoms with Crippen molar-refractivity contribution in [3.63, 3.8) is 0 Å². The Morgan fingerprint density at radius 1 is 1.04 bits per heavy atom. The zero-order valence-electron chi connectivity index (χ0n) is 16.7. The lowest BCUT2D eigenvalue weighted by molar-refractivity contribution is -0.128. The van der Waals surface area contributed by atoms with E-state index in [0.717, 1.165) is 12.8 Å². The van der Waals surface area contributed by atoms with E-state index in [1.54, 1.807) is 4.31 Å². The molecule has 2 saturated carbocycles. The van der Waals surface area contributed by atoms with E-state index in [4.69, 9.17) is 0 Å². The van der Waals surface area contributed by atoms with E-state index in [2.05, 4.69) is 37.8 Å². The predicted molar refractivity (Wildman–Crippen MR) is 107 cm³/mol. The summed E-state index contributed by atoms with van der Waals surface area (Å²) in [6, 6.07) is 8.20. The lowest BCUT2D eigenvalue weighted by atomic mass is 9.70. The summed E-state index contributed by atoms with van der Waals surface area (Å²) in [6.45, 7) is 10.4. The van der Waals surface area contributed by atoms with Crippen molar-refractivity contribution in [2.24, 2.45) is 16.7 Å². The van der Waals surface area contributed by atoms with Crippen LogP contribution >= 0.6 is 0 Å². The van der Waals surface area contributed by atoms with Crippen LogP contribution in [0.5, 0.6) is 0 Å². The van der Waals surface area contributed by atoms with Crippen molar-refractivity contribution in [1.29, 1.82) is 0 Å². The average Bonchev–Trinajstić information content (AvgIpc) is 2.94. The van der Waals surface area contributed by atoms with E-state index in [1.807, 2.05) is 19.1 Å². The molecule has 1 saturated heterocycles. The normalized spacial score (nSPS) is 33.6. The van der Waals surface area contributed by atoms with Gasteiger partial charge in [0.25, 0.3) is 0 Å². The van der Waals surface area contributed by atoms with Gasteiger partial charge in [-0.15, -0.1) is 0 Å². The van der Waals surface area contributed by atoms with Gasteiger partial charge in [-0.05, 0) is 42.7 Å². The number of carbonyl (C=O) groups excluding carboxylic acids is 1. The maximum atomic E-state index is 13.4. The van der Waals surface area contributed by atoms with Crippen LogP contribution in [0, 0.1) is 23.7 Å². The Kier molecular flexibility index (Phi) is 4.24. The maximum Gasteiger partial charge on any atom is 0.224 e. The summed E-state index contributed by atoms with van der Waals surface area (Å²) in [5, 5.41) is -0.851. The molecule has 1 aromatic rings. The Balaban J connectivity index is 1.54. The highest BCUT2D eigenvalue weighted by atomic mass is 32.2. The molecule has 4 rings (SSSR count). The van der Waals surface area contributed by atoms with E-state index in [1.165, 1.54) is 11.3 Å². The standard InChI is InChI=1S/C21H30N2O3S/c1-15-7-5-6-8-17(15)22-11-13-23(14-12-22)27(25,26)18-16-9-10-21(4,19(18)24)20(16,2)3/h5-8,16,18H,9-14H2,1-4H3. The molecule has 3 aliphatic rings. The number of hydrogen-bond donors (Lipinski definition) is 0. The van der Waals surface area contributed by atoms with E-state index >= 15 is 0 Å². The van der Waals surface area contributed by atoms with Gasteiger partial charge in [0.05, 0.1) is 0 Å². The van der Waals surface area contributed by atoms with Gasteiger partial charge >= 0.3 is 0 Å². The Bertz CT molecular complexity index is 871. The molecule has 0 radical (unpaired) electrons. The first-order chi connectivity index (χ1) is 12.6. The number of hydrogen-bond acceptors (Lipinski definition) is 4. The summed E-state index contributed by atoms with van der Waals surface area (Å²) in [5.41, 5.74) is 1.62. The van der Waals surface area contributed by atoms with Crippen LogP contribution in [0.25, 0.3) is 0 Å². The molecular weight excluding hydrogens is 360 g/mol. The molecule has 2 aliphatic carbocycles. The van der Waals surface area contributed by atoms with Crippen molar-refractivity contribution in [2.45, 2.75) is 45.8 Å². The zero-order chi connectivity index (χ0) is 19.6. The van der Waals surface area contributed by atoms with Crippen LogP contribution < -0.4 is 4.90 Å². The fourth-order valence-electron chi connectivity index (χ4n) is 5.61. The van der Waals surface area contributed by atoms with Gasteiger partial charge in [-0.2, -0.15) is 4.31 Å². The molecule has 0 amide bonds. The van der Waals surface area contributed by atoms with Crippen LogP contribution in [0.3, 0.4) is 0 Å². The monoisotopic (exact) mass is 390 g/mol. The molecule has 3 unspecified atom stereocenters. The molecule has 0 spiro atoms. The Hall–Kier alpha value is -1.40. The van der Waals surface area contributed by atoms with E-state index in [0.29, 0.717) is 26.2 Å². The Morgan fingerprint density at radius 2 is 1.67 bits per heavy atom. The number of sulfonamides is 1. The summed E-state index contributed by atoms with van der Waals surface area (Å²) in [6.07, 6.45) is 1.65. The highest BCUT2D eigenvalue weighted by molar-refractivity contribution is 7.90. The first-order valence-electron chi connectivity index (χ1n) is 9.94. The molecular formula is C21H30N2O3S. The molecule has 0 N–H and O–H groups in total. The third kappa shape index (κ3) is 2.52. The number of fused-ring (bicyclic) bond motifs is 2. The van der Waals surface area contributed by atoms with Crippen LogP contribution in [0.4, 0.5) is 5.69 Å². The number of aryl methyl sites for hydroxylation is 1. The van der Waals surface area contributed by atoms with E-state index in [9.17, 15) is 13.2 Å². The molecule has 1 heterocycles. The fraction of sp³-hybridized carbons (Fsp3) is 0.667. The molecule has 3 fully saturated rings. The van der Waals surface area contributed by atoms with Crippen molar-refractivity contribution < 1.29 is 13.2 Å². The van der Waals surface area contributed by atoms with Crippen LogP contribution in [-0.2, 0) is 14.8 Å². The minimum atomic E-state index is -3.61. The number of nitrogens with zero attached hydrogens (tertiary/aromatic N) is 2. The second-order valence-electron chi connectivity index (χ2n) is 9.20. The third-order valence-electron chi connectivity index (χ3n) is 7.85. The second kappa shape index (κ2) is 6.05. The molecule has 1 aliphatic heterocycles. The molecule has 1 aromatic carbocycles. The minimum absolute atomic E-state index is 0.0508. The van der Waals surface area contributed by atoms with Crippen LogP contribution in [-0.4, -0.2) is 49.9 Å². The number of piperazine rings is 1. The summed E-state index contributed by atoms with van der Waals surface area (Å²) in [7, 11) is -3.61. The highest BCUT2D eigenvalue weighted by Crippen LogP contribution is 2.65. The first-order valence-corrected chi connectivity index (χ1v) is 11.4. The molecule has 5 nitrogen and oxygen atoms in total. The van der Waals surface area contributed by atoms with Gasteiger partial charge in [0.15, 0.2) is 5.78 Å². The number of Topliss-reactive ketones (excluding diaryl/α,β-unsaturated/α-hetero) is 1. The van der Waals surface area contributed by atoms with Crippen molar-refractivity contribution in [3.8, 4) is 0 Å². The summed E-state index contributed by atoms with van der Waals surface area (Å²) in [5.74, 6) is -0.112. The molecule has 3 atom stereocenters. The number of ketones is 1. The molecule has 148 valence electrons. The minimum Gasteiger partial charge on any atom is -0.369 e. The molecule has 0 aromatic heterocycles. The van der Waals surface area contributed by atoms with Gasteiger partial charge in [-0.3, -0.25) is 4.79 Å². The van der Waals surface area contributed by atoms with E-state index in [-0.39, 0.29) is 17.1 Å². The van der Waals surface area contributed by atoms with E-state index < -0.39 is 20.7 Å². The number of anilines is 1. The van der Waals surface area contributed by atoms with Crippen LogP contribution in [0.15, 0.2) is 24.3 Å². The lowest BCUT2D eigenvalue weighted by Gasteiger charge is -2.38. The quantitative estimate of drug-likeness (QED) is 0.796. The number of benzene rings is 1. The average molecular weight is 391 g/mol. The summed E-state index contributed by atoms with van der Waals surface area (Å²) in [4.78, 5) is 15.4. The largest absolute Gasteiger partial charge is 0.369 e. The smallest absolute Gasteiger partial charge is 0.224 e. The van der Waals surface area contributed by atoms with Gasteiger partial charge in [0.1, 0.15) is 5.25 Å². The van der Waals surface area contributed by atoms with Crippen molar-refractivity contribution in [3.05, 3.63) is 29.8 Å². The Labute approximate surface area is 162 Å². The van der Waals surface area contributed by atoms with Gasteiger partial charge in [0, 0.05) is 37.3 Å². The lowest BCUT2D eigenvalue weighted by Crippen LogP contribution is -2.54. The predicted octanol–water partition coefficient (Wildman–Crippen LogP) is 2.84. The SMILES string of the molecule is Cc1ccccc1N1CCN(S(=O)(=O)C2C(=O)C3(C)CCC2C3(C)C)CC1. The van der Waals surface area contributed by atoms with Gasteiger partial charge in [-0.1, -0.05) is 39.0 Å². The van der Waals surface area contributed by atoms with Crippen molar-refractivity contribution in [1.82, 2.24) is 4.31 Å². The fourth-order valence-corrected chi connectivity index (χ4v) is 8.02. The number of para-hydroxylation sites is 1. The van der Waals surface area contributed by atoms with Crippen molar-refractivity contribution in [2.75, 3.05) is 31.1 Å². The third-order valence-corrected chi connectivity index (χ3v) is 10.1. The summed E-state index contributed by atoms with van der Waals surface area (Å²) < 4.78 is 28.4. The topological polar surface area (TPSA) is 57.7 Å². The van der Waals surface area contributed by atoms with Gasteiger partial charge < -0.3 is 4.90 Å². The maximum absolute atomic E-state index is 13.4. The highest BCUT2D eigenvalue weighted by Gasteiger charge is 2.69. The van der Waals surface area contributed by atoms with Gasteiger partial charge in [-0.25, -0.2) is 8.42 Å². The first kappa shape index (κ1) is 18.9. The Morgan fingerprint density at radius 3 is 2.22 bits per heavy atom. The summed E-state index contributed by atoms with van der Waals surface area (Å²) >= 11 is 0. The second-order valence-corrected chi connectivity index (χ2v) is 11.3. The van der Waals surface area contributed by atoms with Crippen LogP contribution in [0.2, 0.25) is 0 Å². The molecule has 6 heteroatoms. The zero-order valence-corrected chi connectivity index (χ0v) is 17.6.